The summed E-state index contributed by atoms with van der Waals surface area (Å²) in [5, 5.41) is 5.57. The second-order valence-corrected chi connectivity index (χ2v) is 6.46. The average Bonchev–Trinajstić information content (AvgIpc) is 3.50. The summed E-state index contributed by atoms with van der Waals surface area (Å²) in [6, 6.07) is 13.6. The van der Waals surface area contributed by atoms with Crippen molar-refractivity contribution < 1.29 is 23.9 Å². The van der Waals surface area contributed by atoms with Crippen molar-refractivity contribution >= 4 is 29.2 Å². The number of esters is 1. The van der Waals surface area contributed by atoms with Crippen molar-refractivity contribution in [1.29, 1.82) is 0 Å². The minimum Gasteiger partial charge on any atom is -0.494 e. The van der Waals surface area contributed by atoms with E-state index in [2.05, 4.69) is 15.4 Å². The topological polar surface area (TPSA) is 93.7 Å². The molecule has 0 aromatic heterocycles. The van der Waals surface area contributed by atoms with Crippen LogP contribution in [0, 0.1) is 11.8 Å². The molecule has 2 amide bonds. The van der Waals surface area contributed by atoms with Gasteiger partial charge in [0.05, 0.1) is 31.1 Å². The number of anilines is 2. The first kappa shape index (κ1) is 19.4. The van der Waals surface area contributed by atoms with Crippen molar-refractivity contribution in [2.24, 2.45) is 11.8 Å². The molecule has 2 unspecified atom stereocenters. The predicted octanol–water partition coefficient (Wildman–Crippen LogP) is 3.09. The lowest BCUT2D eigenvalue weighted by atomic mass is 10.2. The summed E-state index contributed by atoms with van der Waals surface area (Å²) in [6.45, 7) is 2.48. The number of rotatable bonds is 7. The molecule has 7 heteroatoms. The molecule has 3 rings (SSSR count). The van der Waals surface area contributed by atoms with Crippen LogP contribution in [0.2, 0.25) is 0 Å². The first-order chi connectivity index (χ1) is 13.5. The standard InChI is InChI=1S/C21H22N2O5/c1-3-28-16-9-7-14(8-10-16)22-19(24)17-12-18(17)20(25)23-15-6-4-5-13(11-15)21(26)27-2/h4-11,17-18H,3,12H2,1-2H3,(H,22,24)(H,23,25). The third-order valence-electron chi connectivity index (χ3n) is 4.45. The number of methoxy groups -OCH3 is 1. The fourth-order valence-corrected chi connectivity index (χ4v) is 2.89. The third-order valence-corrected chi connectivity index (χ3v) is 4.45. The fraction of sp³-hybridized carbons (Fsp3) is 0.286. The van der Waals surface area contributed by atoms with Gasteiger partial charge in [0.25, 0.3) is 0 Å². The second kappa shape index (κ2) is 8.56. The van der Waals surface area contributed by atoms with Crippen LogP contribution in [0.5, 0.6) is 5.75 Å². The summed E-state index contributed by atoms with van der Waals surface area (Å²) in [6.07, 6.45) is 0.491. The molecular weight excluding hydrogens is 360 g/mol. The van der Waals surface area contributed by atoms with Crippen molar-refractivity contribution in [3.63, 3.8) is 0 Å². The van der Waals surface area contributed by atoms with E-state index in [1.165, 1.54) is 7.11 Å². The molecule has 1 aliphatic rings. The van der Waals surface area contributed by atoms with E-state index in [9.17, 15) is 14.4 Å². The van der Waals surface area contributed by atoms with Gasteiger partial charge < -0.3 is 20.1 Å². The highest BCUT2D eigenvalue weighted by atomic mass is 16.5. The zero-order valence-electron chi connectivity index (χ0n) is 15.7. The van der Waals surface area contributed by atoms with E-state index in [0.717, 1.165) is 5.75 Å². The molecule has 0 spiro atoms. The number of carbonyl (C=O) groups excluding carboxylic acids is 3. The van der Waals surface area contributed by atoms with Crippen LogP contribution < -0.4 is 15.4 Å². The number of hydrogen-bond acceptors (Lipinski definition) is 5. The zero-order valence-corrected chi connectivity index (χ0v) is 15.7. The molecule has 2 aromatic carbocycles. The Morgan fingerprint density at radius 1 is 0.964 bits per heavy atom. The molecule has 1 aliphatic carbocycles. The Balaban J connectivity index is 1.53. The van der Waals surface area contributed by atoms with E-state index in [-0.39, 0.29) is 23.7 Å². The lowest BCUT2D eigenvalue weighted by Gasteiger charge is -2.08. The first-order valence-corrected chi connectivity index (χ1v) is 9.04. The second-order valence-electron chi connectivity index (χ2n) is 6.46. The van der Waals surface area contributed by atoms with Gasteiger partial charge in [-0.25, -0.2) is 4.79 Å². The normalized spacial score (nSPS) is 17.4. The fourth-order valence-electron chi connectivity index (χ4n) is 2.89. The van der Waals surface area contributed by atoms with Crippen LogP contribution >= 0.6 is 0 Å². The number of benzene rings is 2. The van der Waals surface area contributed by atoms with Crippen molar-refractivity contribution in [3.8, 4) is 5.75 Å². The molecule has 2 N–H and O–H groups in total. The number of ether oxygens (including phenoxy) is 2. The summed E-state index contributed by atoms with van der Waals surface area (Å²) in [5.74, 6) is -0.921. The molecule has 146 valence electrons. The van der Waals surface area contributed by atoms with Crippen molar-refractivity contribution in [3.05, 3.63) is 54.1 Å². The Morgan fingerprint density at radius 3 is 2.21 bits per heavy atom. The van der Waals surface area contributed by atoms with E-state index in [1.807, 2.05) is 6.92 Å². The van der Waals surface area contributed by atoms with E-state index in [1.54, 1.807) is 48.5 Å². The van der Waals surface area contributed by atoms with Crippen molar-refractivity contribution in [2.45, 2.75) is 13.3 Å². The summed E-state index contributed by atoms with van der Waals surface area (Å²) in [7, 11) is 1.30. The summed E-state index contributed by atoms with van der Waals surface area (Å²) in [5.41, 5.74) is 1.50. The molecule has 2 aromatic rings. The first-order valence-electron chi connectivity index (χ1n) is 9.04. The number of carbonyl (C=O) groups is 3. The number of amides is 2. The smallest absolute Gasteiger partial charge is 0.337 e. The van der Waals surface area contributed by atoms with E-state index >= 15 is 0 Å². The van der Waals surface area contributed by atoms with Crippen LogP contribution in [-0.4, -0.2) is 31.5 Å². The zero-order chi connectivity index (χ0) is 20.1. The van der Waals surface area contributed by atoms with Crippen LogP contribution in [0.4, 0.5) is 11.4 Å². The Labute approximate surface area is 163 Å². The van der Waals surface area contributed by atoms with Crippen LogP contribution in [-0.2, 0) is 14.3 Å². The maximum atomic E-state index is 12.4. The molecule has 28 heavy (non-hydrogen) atoms. The Morgan fingerprint density at radius 2 is 1.61 bits per heavy atom. The molecular formula is C21H22N2O5. The molecule has 1 fully saturated rings. The van der Waals surface area contributed by atoms with Crippen LogP contribution in [0.25, 0.3) is 0 Å². The van der Waals surface area contributed by atoms with E-state index in [4.69, 9.17) is 4.74 Å². The maximum Gasteiger partial charge on any atom is 0.337 e. The number of hydrogen-bond donors (Lipinski definition) is 2. The van der Waals surface area contributed by atoms with Gasteiger partial charge >= 0.3 is 5.97 Å². The summed E-state index contributed by atoms with van der Waals surface area (Å²) < 4.78 is 10.0. The summed E-state index contributed by atoms with van der Waals surface area (Å²) in [4.78, 5) is 36.3. The SMILES string of the molecule is CCOc1ccc(NC(=O)C2CC2C(=O)Nc2cccc(C(=O)OC)c2)cc1. The van der Waals surface area contributed by atoms with Gasteiger partial charge in [0.15, 0.2) is 0 Å². The van der Waals surface area contributed by atoms with Crippen molar-refractivity contribution in [2.75, 3.05) is 24.4 Å². The van der Waals surface area contributed by atoms with Gasteiger partial charge in [0.2, 0.25) is 11.8 Å². The molecule has 0 saturated heterocycles. The van der Waals surface area contributed by atoms with Crippen molar-refractivity contribution in [1.82, 2.24) is 0 Å². The highest BCUT2D eigenvalue weighted by Gasteiger charge is 2.48. The minimum atomic E-state index is -0.477. The monoisotopic (exact) mass is 382 g/mol. The molecule has 0 radical (unpaired) electrons. The Hall–Kier alpha value is -3.35. The Bertz CT molecular complexity index is 879. The van der Waals surface area contributed by atoms with Crippen LogP contribution in [0.3, 0.4) is 0 Å². The average molecular weight is 382 g/mol. The predicted molar refractivity (Wildman–Crippen MR) is 104 cm³/mol. The number of nitrogens with one attached hydrogen (secondary N) is 2. The minimum absolute atomic E-state index is 0.187. The van der Waals surface area contributed by atoms with Gasteiger partial charge in [-0.2, -0.15) is 0 Å². The van der Waals surface area contributed by atoms with Gasteiger partial charge in [-0.15, -0.1) is 0 Å². The molecule has 0 bridgehead atoms. The highest BCUT2D eigenvalue weighted by molar-refractivity contribution is 6.03. The Kier molecular flexibility index (Phi) is 5.93. The lowest BCUT2D eigenvalue weighted by Crippen LogP contribution is -2.20. The quantitative estimate of drug-likeness (QED) is 0.718. The highest BCUT2D eigenvalue weighted by Crippen LogP contribution is 2.40. The molecule has 7 nitrogen and oxygen atoms in total. The summed E-state index contributed by atoms with van der Waals surface area (Å²) >= 11 is 0. The van der Waals surface area contributed by atoms with Gasteiger partial charge in [-0.3, -0.25) is 9.59 Å². The third kappa shape index (κ3) is 4.68. The van der Waals surface area contributed by atoms with E-state index in [0.29, 0.717) is 30.0 Å². The van der Waals surface area contributed by atoms with Gasteiger partial charge in [-0.1, -0.05) is 6.07 Å². The van der Waals surface area contributed by atoms with Crippen LogP contribution in [0.15, 0.2) is 48.5 Å². The molecule has 0 aliphatic heterocycles. The molecule has 0 heterocycles. The molecule has 1 saturated carbocycles. The van der Waals surface area contributed by atoms with Crippen LogP contribution in [0.1, 0.15) is 23.7 Å². The van der Waals surface area contributed by atoms with Gasteiger partial charge in [-0.05, 0) is 55.8 Å². The van der Waals surface area contributed by atoms with Gasteiger partial charge in [0.1, 0.15) is 5.75 Å². The van der Waals surface area contributed by atoms with Gasteiger partial charge in [0, 0.05) is 11.4 Å². The molecule has 2 atom stereocenters. The maximum absolute atomic E-state index is 12.4. The largest absolute Gasteiger partial charge is 0.494 e. The lowest BCUT2D eigenvalue weighted by molar-refractivity contribution is -0.122. The van der Waals surface area contributed by atoms with E-state index < -0.39 is 5.97 Å².